The van der Waals surface area contributed by atoms with Crippen LogP contribution in [0.4, 0.5) is 4.79 Å². The zero-order valence-corrected chi connectivity index (χ0v) is 6.06. The van der Waals surface area contributed by atoms with Gasteiger partial charge in [0.05, 0.1) is 6.20 Å². The predicted molar refractivity (Wildman–Crippen MR) is 37.7 cm³/mol. The van der Waals surface area contributed by atoms with Crippen molar-refractivity contribution in [2.75, 3.05) is 0 Å². The summed E-state index contributed by atoms with van der Waals surface area (Å²) in [5, 5.41) is 14.4. The van der Waals surface area contributed by atoms with Gasteiger partial charge in [0.2, 0.25) is 0 Å². The van der Waals surface area contributed by atoms with Crippen molar-refractivity contribution in [3.8, 4) is 0 Å². The molecule has 1 aromatic rings. The summed E-state index contributed by atoms with van der Waals surface area (Å²) in [4.78, 5) is 15.9. The van der Waals surface area contributed by atoms with Gasteiger partial charge >= 0.3 is 6.16 Å². The van der Waals surface area contributed by atoms with E-state index in [9.17, 15) is 0 Å². The first-order chi connectivity index (χ1) is 5.13. The molecule has 0 atom stereocenters. The lowest BCUT2D eigenvalue weighted by Crippen LogP contribution is -1.81. The Morgan fingerprint density at radius 3 is 2.18 bits per heavy atom. The molecule has 0 saturated carbocycles. The lowest BCUT2D eigenvalue weighted by molar-refractivity contribution is 0.137. The number of rotatable bonds is 0. The summed E-state index contributed by atoms with van der Waals surface area (Å²) in [5.41, 5.74) is 0. The van der Waals surface area contributed by atoms with Crippen LogP contribution in [0.5, 0.6) is 0 Å². The average molecular weight is 177 g/mol. The predicted octanol–water partition coefficient (Wildman–Crippen LogP) is 1.35. The molecule has 5 nitrogen and oxygen atoms in total. The Hall–Kier alpha value is -1.36. The molecule has 0 fully saturated rings. The van der Waals surface area contributed by atoms with Crippen molar-refractivity contribution in [3.63, 3.8) is 0 Å². The highest BCUT2D eigenvalue weighted by Crippen LogP contribution is 1.95. The molecule has 11 heavy (non-hydrogen) atoms. The van der Waals surface area contributed by atoms with Crippen molar-refractivity contribution < 1.29 is 15.0 Å². The molecule has 0 aliphatic rings. The van der Waals surface area contributed by atoms with Crippen LogP contribution in [0.25, 0.3) is 0 Å². The smallest absolute Gasteiger partial charge is 0.450 e. The van der Waals surface area contributed by atoms with Crippen LogP contribution in [0.1, 0.15) is 0 Å². The molecule has 0 unspecified atom stereocenters. The molecule has 6 heteroatoms. The van der Waals surface area contributed by atoms with Crippen LogP contribution < -0.4 is 0 Å². The quantitative estimate of drug-likeness (QED) is 0.624. The topological polar surface area (TPSA) is 83.3 Å². The van der Waals surface area contributed by atoms with Crippen molar-refractivity contribution >= 4 is 17.8 Å². The van der Waals surface area contributed by atoms with Crippen molar-refractivity contribution in [2.45, 2.75) is 0 Å². The minimum Gasteiger partial charge on any atom is -0.450 e. The summed E-state index contributed by atoms with van der Waals surface area (Å²) in [6.45, 7) is 0. The van der Waals surface area contributed by atoms with Gasteiger partial charge in [-0.1, -0.05) is 11.6 Å². The Morgan fingerprint density at radius 1 is 1.45 bits per heavy atom. The molecule has 60 valence electrons. The number of hydrogen-bond donors (Lipinski definition) is 2. The van der Waals surface area contributed by atoms with E-state index in [4.69, 9.17) is 26.6 Å². The standard InChI is InChI=1S/C4H3ClN2.CH2O3/c5-4-3-6-1-2-7-4;2-1(3)4/h1-3H;(H2,2,3,4). The van der Waals surface area contributed by atoms with Crippen LogP contribution in [0, 0.1) is 0 Å². The minimum absolute atomic E-state index is 0.433. The van der Waals surface area contributed by atoms with E-state index in [1.54, 1.807) is 12.4 Å². The fraction of sp³-hybridized carbons (Fsp3) is 0. The summed E-state index contributed by atoms with van der Waals surface area (Å²) >= 11 is 5.37. The van der Waals surface area contributed by atoms with E-state index in [2.05, 4.69) is 9.97 Å². The number of carboxylic acid groups (broad SMARTS) is 2. The van der Waals surface area contributed by atoms with Gasteiger partial charge in [-0.05, 0) is 0 Å². The van der Waals surface area contributed by atoms with Gasteiger partial charge in [-0.2, -0.15) is 0 Å². The normalized spacial score (nSPS) is 7.73. The third-order valence-corrected chi connectivity index (χ3v) is 0.727. The molecule has 0 aromatic carbocycles. The lowest BCUT2D eigenvalue weighted by Gasteiger charge is -1.79. The first kappa shape index (κ1) is 9.64. The third-order valence-electron chi connectivity index (χ3n) is 0.532. The molecule has 0 spiro atoms. The highest BCUT2D eigenvalue weighted by molar-refractivity contribution is 6.29. The van der Waals surface area contributed by atoms with E-state index in [0.717, 1.165) is 0 Å². The molecule has 2 N–H and O–H groups in total. The van der Waals surface area contributed by atoms with Gasteiger partial charge in [-0.3, -0.25) is 4.98 Å². The van der Waals surface area contributed by atoms with E-state index in [1.165, 1.54) is 6.20 Å². The second-order valence-corrected chi connectivity index (χ2v) is 1.70. The average Bonchev–Trinajstić information content (AvgIpc) is 1.87. The molecular formula is C5H5ClN2O3. The van der Waals surface area contributed by atoms with E-state index >= 15 is 0 Å². The van der Waals surface area contributed by atoms with Gasteiger partial charge in [0, 0.05) is 12.4 Å². The van der Waals surface area contributed by atoms with Crippen LogP contribution in [-0.2, 0) is 0 Å². The van der Waals surface area contributed by atoms with Crippen molar-refractivity contribution in [3.05, 3.63) is 23.7 Å². The Balaban J connectivity index is 0.000000218. The Bertz CT molecular complexity index is 212. The monoisotopic (exact) mass is 176 g/mol. The summed E-state index contributed by atoms with van der Waals surface area (Å²) in [6, 6.07) is 0. The van der Waals surface area contributed by atoms with Gasteiger partial charge in [-0.15, -0.1) is 0 Å². The maximum Gasteiger partial charge on any atom is 0.503 e. The van der Waals surface area contributed by atoms with Gasteiger partial charge in [0.15, 0.2) is 0 Å². The van der Waals surface area contributed by atoms with Crippen LogP contribution in [0.2, 0.25) is 5.15 Å². The third kappa shape index (κ3) is 8.64. The maximum absolute atomic E-state index is 8.56. The molecule has 0 aliphatic carbocycles. The highest BCUT2D eigenvalue weighted by atomic mass is 35.5. The van der Waals surface area contributed by atoms with Gasteiger partial charge in [-0.25, -0.2) is 9.78 Å². The largest absolute Gasteiger partial charge is 0.503 e. The second-order valence-electron chi connectivity index (χ2n) is 1.31. The van der Waals surface area contributed by atoms with Gasteiger partial charge < -0.3 is 10.2 Å². The number of aromatic nitrogens is 2. The summed E-state index contributed by atoms with van der Waals surface area (Å²) < 4.78 is 0. The van der Waals surface area contributed by atoms with Gasteiger partial charge in [0.1, 0.15) is 5.15 Å². The first-order valence-electron chi connectivity index (χ1n) is 2.46. The number of hydrogen-bond acceptors (Lipinski definition) is 3. The Kier molecular flexibility index (Phi) is 4.76. The molecule has 0 radical (unpaired) electrons. The Morgan fingerprint density at radius 2 is 2.00 bits per heavy atom. The molecule has 0 bridgehead atoms. The number of nitrogens with zero attached hydrogens (tertiary/aromatic N) is 2. The number of halogens is 1. The molecule has 1 aromatic heterocycles. The molecule has 1 rings (SSSR count). The van der Waals surface area contributed by atoms with E-state index in [1.807, 2.05) is 0 Å². The fourth-order valence-corrected chi connectivity index (χ4v) is 0.394. The summed E-state index contributed by atoms with van der Waals surface area (Å²) in [7, 11) is 0. The second kappa shape index (κ2) is 5.43. The van der Waals surface area contributed by atoms with Crippen LogP contribution in [0.15, 0.2) is 18.6 Å². The molecular weight excluding hydrogens is 172 g/mol. The summed E-state index contributed by atoms with van der Waals surface area (Å²) in [6.07, 6.45) is 2.77. The van der Waals surface area contributed by atoms with E-state index in [0.29, 0.717) is 5.15 Å². The molecule has 0 saturated heterocycles. The van der Waals surface area contributed by atoms with Crippen LogP contribution in [0.3, 0.4) is 0 Å². The molecule has 0 amide bonds. The zero-order valence-electron chi connectivity index (χ0n) is 5.31. The van der Waals surface area contributed by atoms with Crippen LogP contribution in [-0.4, -0.2) is 26.3 Å². The first-order valence-corrected chi connectivity index (χ1v) is 2.84. The fourth-order valence-electron chi connectivity index (χ4n) is 0.281. The van der Waals surface area contributed by atoms with Gasteiger partial charge in [0.25, 0.3) is 0 Å². The SMILES string of the molecule is Clc1cnccn1.O=C(O)O. The van der Waals surface area contributed by atoms with Crippen molar-refractivity contribution in [1.29, 1.82) is 0 Å². The highest BCUT2D eigenvalue weighted by Gasteiger charge is 1.77. The van der Waals surface area contributed by atoms with Crippen molar-refractivity contribution in [2.24, 2.45) is 0 Å². The molecule has 0 aliphatic heterocycles. The van der Waals surface area contributed by atoms with E-state index < -0.39 is 6.16 Å². The van der Waals surface area contributed by atoms with Crippen molar-refractivity contribution in [1.82, 2.24) is 9.97 Å². The number of carbonyl (C=O) groups is 1. The van der Waals surface area contributed by atoms with E-state index in [-0.39, 0.29) is 0 Å². The summed E-state index contributed by atoms with van der Waals surface area (Å²) in [5.74, 6) is 0. The van der Waals surface area contributed by atoms with Crippen LogP contribution >= 0.6 is 11.6 Å². The maximum atomic E-state index is 8.56. The molecule has 1 heterocycles. The minimum atomic E-state index is -1.83. The zero-order chi connectivity index (χ0) is 8.69. The lowest BCUT2D eigenvalue weighted by atomic mass is 10.8. The Labute approximate surface area is 67.3 Å².